The molecule has 5 heteroatoms. The van der Waals surface area contributed by atoms with Crippen LogP contribution in [0, 0.1) is 0 Å². The number of rotatable bonds is 3. The highest BCUT2D eigenvalue weighted by molar-refractivity contribution is 6.33. The Morgan fingerprint density at radius 1 is 1.44 bits per heavy atom. The average molecular weight is 238 g/mol. The Bertz CT molecular complexity index is 484. The summed E-state index contributed by atoms with van der Waals surface area (Å²) in [5.41, 5.74) is 6.53. The van der Waals surface area contributed by atoms with E-state index in [0.29, 0.717) is 16.7 Å². The summed E-state index contributed by atoms with van der Waals surface area (Å²) in [5, 5.41) is 4.42. The Morgan fingerprint density at radius 2 is 2.19 bits per heavy atom. The molecule has 0 aliphatic carbocycles. The Morgan fingerprint density at radius 3 is 2.88 bits per heavy atom. The topological polar surface area (TPSA) is 64.9 Å². The van der Waals surface area contributed by atoms with E-state index in [0.717, 1.165) is 12.0 Å². The SMILES string of the molecule is CCC(N)c1noc(-c2ccccc2Cl)n1. The van der Waals surface area contributed by atoms with Gasteiger partial charge in [-0.3, -0.25) is 0 Å². The molecule has 0 bridgehead atoms. The van der Waals surface area contributed by atoms with Crippen molar-refractivity contribution in [3.8, 4) is 11.5 Å². The maximum absolute atomic E-state index is 6.02. The predicted molar refractivity (Wildman–Crippen MR) is 62.0 cm³/mol. The van der Waals surface area contributed by atoms with Crippen LogP contribution in [-0.2, 0) is 0 Å². The molecule has 0 radical (unpaired) electrons. The maximum atomic E-state index is 6.02. The number of benzene rings is 1. The summed E-state index contributed by atoms with van der Waals surface area (Å²) in [6.07, 6.45) is 0.765. The molecule has 1 atom stereocenters. The smallest absolute Gasteiger partial charge is 0.259 e. The molecule has 2 N–H and O–H groups in total. The van der Waals surface area contributed by atoms with Crippen LogP contribution < -0.4 is 5.73 Å². The minimum absolute atomic E-state index is 0.194. The Labute approximate surface area is 98.4 Å². The van der Waals surface area contributed by atoms with Gasteiger partial charge in [-0.15, -0.1) is 0 Å². The highest BCUT2D eigenvalue weighted by atomic mass is 35.5. The molecule has 0 saturated heterocycles. The van der Waals surface area contributed by atoms with Crippen LogP contribution in [0.1, 0.15) is 25.2 Å². The van der Waals surface area contributed by atoms with Gasteiger partial charge in [0.15, 0.2) is 5.82 Å². The maximum Gasteiger partial charge on any atom is 0.259 e. The van der Waals surface area contributed by atoms with Gasteiger partial charge in [-0.2, -0.15) is 4.98 Å². The van der Waals surface area contributed by atoms with Crippen LogP contribution in [0.15, 0.2) is 28.8 Å². The lowest BCUT2D eigenvalue weighted by molar-refractivity contribution is 0.415. The van der Waals surface area contributed by atoms with Gasteiger partial charge in [-0.25, -0.2) is 0 Å². The molecule has 0 saturated carbocycles. The largest absolute Gasteiger partial charge is 0.334 e. The molecule has 84 valence electrons. The first-order valence-corrected chi connectivity index (χ1v) is 5.44. The van der Waals surface area contributed by atoms with Gasteiger partial charge in [0.1, 0.15) is 0 Å². The van der Waals surface area contributed by atoms with Gasteiger partial charge in [0.05, 0.1) is 16.6 Å². The molecule has 4 nitrogen and oxygen atoms in total. The number of nitrogens with two attached hydrogens (primary N) is 1. The van der Waals surface area contributed by atoms with Crippen LogP contribution in [0.25, 0.3) is 11.5 Å². The number of aromatic nitrogens is 2. The standard InChI is InChI=1S/C11H12ClN3O/c1-2-9(13)10-14-11(16-15-10)7-5-3-4-6-8(7)12/h3-6,9H,2,13H2,1H3. The third-order valence-electron chi connectivity index (χ3n) is 2.32. The summed E-state index contributed by atoms with van der Waals surface area (Å²) in [4.78, 5) is 4.22. The molecule has 1 aromatic carbocycles. The third kappa shape index (κ3) is 2.08. The highest BCUT2D eigenvalue weighted by Crippen LogP contribution is 2.26. The minimum Gasteiger partial charge on any atom is -0.334 e. The molecule has 2 rings (SSSR count). The lowest BCUT2D eigenvalue weighted by Crippen LogP contribution is -2.10. The quantitative estimate of drug-likeness (QED) is 0.892. The van der Waals surface area contributed by atoms with Crippen molar-refractivity contribution in [2.24, 2.45) is 5.73 Å². The number of halogens is 1. The van der Waals surface area contributed by atoms with Crippen molar-refractivity contribution >= 4 is 11.6 Å². The van der Waals surface area contributed by atoms with E-state index >= 15 is 0 Å². The van der Waals surface area contributed by atoms with Gasteiger partial charge in [0, 0.05) is 0 Å². The van der Waals surface area contributed by atoms with E-state index in [2.05, 4.69) is 10.1 Å². The molecular weight excluding hydrogens is 226 g/mol. The second-order valence-electron chi connectivity index (χ2n) is 3.45. The molecule has 1 heterocycles. The average Bonchev–Trinajstić information content (AvgIpc) is 2.78. The summed E-state index contributed by atoms with van der Waals surface area (Å²) < 4.78 is 5.13. The van der Waals surface area contributed by atoms with Crippen LogP contribution in [0.3, 0.4) is 0 Å². The number of hydrogen-bond acceptors (Lipinski definition) is 4. The first kappa shape index (κ1) is 11.1. The first-order valence-electron chi connectivity index (χ1n) is 5.06. The zero-order valence-corrected chi connectivity index (χ0v) is 9.61. The van der Waals surface area contributed by atoms with E-state index in [1.165, 1.54) is 0 Å². The van der Waals surface area contributed by atoms with Gasteiger partial charge < -0.3 is 10.3 Å². The second kappa shape index (κ2) is 4.63. The molecular formula is C11H12ClN3O. The third-order valence-corrected chi connectivity index (χ3v) is 2.65. The zero-order chi connectivity index (χ0) is 11.5. The van der Waals surface area contributed by atoms with Gasteiger partial charge in [-0.1, -0.05) is 35.8 Å². The fourth-order valence-corrected chi connectivity index (χ4v) is 1.53. The van der Waals surface area contributed by atoms with Crippen LogP contribution >= 0.6 is 11.6 Å². The van der Waals surface area contributed by atoms with Crippen molar-refractivity contribution in [2.75, 3.05) is 0 Å². The molecule has 0 fully saturated rings. The molecule has 1 aromatic heterocycles. The number of hydrogen-bond donors (Lipinski definition) is 1. The van der Waals surface area contributed by atoms with Crippen molar-refractivity contribution in [3.05, 3.63) is 35.1 Å². The molecule has 0 amide bonds. The van der Waals surface area contributed by atoms with Gasteiger partial charge in [0.25, 0.3) is 5.89 Å². The van der Waals surface area contributed by atoms with Crippen LogP contribution in [0.2, 0.25) is 5.02 Å². The van der Waals surface area contributed by atoms with E-state index in [4.69, 9.17) is 21.9 Å². The van der Waals surface area contributed by atoms with Crippen molar-refractivity contribution in [2.45, 2.75) is 19.4 Å². The summed E-state index contributed by atoms with van der Waals surface area (Å²) in [6.45, 7) is 1.97. The van der Waals surface area contributed by atoms with Gasteiger partial charge >= 0.3 is 0 Å². The Kier molecular flexibility index (Phi) is 3.22. The van der Waals surface area contributed by atoms with E-state index in [1.807, 2.05) is 25.1 Å². The predicted octanol–water partition coefficient (Wildman–Crippen LogP) is 2.80. The minimum atomic E-state index is -0.194. The van der Waals surface area contributed by atoms with Gasteiger partial charge in [-0.05, 0) is 18.6 Å². The van der Waals surface area contributed by atoms with Gasteiger partial charge in [0.2, 0.25) is 0 Å². The summed E-state index contributed by atoms with van der Waals surface area (Å²) in [7, 11) is 0. The Balaban J connectivity index is 2.35. The second-order valence-corrected chi connectivity index (χ2v) is 3.86. The van der Waals surface area contributed by atoms with Crippen molar-refractivity contribution in [1.29, 1.82) is 0 Å². The van der Waals surface area contributed by atoms with Crippen molar-refractivity contribution < 1.29 is 4.52 Å². The van der Waals surface area contributed by atoms with Crippen LogP contribution in [0.5, 0.6) is 0 Å². The molecule has 0 aliphatic heterocycles. The zero-order valence-electron chi connectivity index (χ0n) is 8.85. The van der Waals surface area contributed by atoms with Crippen molar-refractivity contribution in [3.63, 3.8) is 0 Å². The lowest BCUT2D eigenvalue weighted by Gasteiger charge is -1.99. The molecule has 16 heavy (non-hydrogen) atoms. The first-order chi connectivity index (χ1) is 7.72. The fourth-order valence-electron chi connectivity index (χ4n) is 1.31. The fraction of sp³-hybridized carbons (Fsp3) is 0.273. The number of nitrogens with zero attached hydrogens (tertiary/aromatic N) is 2. The van der Waals surface area contributed by atoms with E-state index < -0.39 is 0 Å². The molecule has 1 unspecified atom stereocenters. The lowest BCUT2D eigenvalue weighted by atomic mass is 10.2. The molecule has 0 spiro atoms. The van der Waals surface area contributed by atoms with E-state index in [1.54, 1.807) is 6.07 Å². The monoisotopic (exact) mass is 237 g/mol. The van der Waals surface area contributed by atoms with E-state index in [-0.39, 0.29) is 6.04 Å². The summed E-state index contributed by atoms with van der Waals surface area (Å²) in [6, 6.07) is 7.13. The summed E-state index contributed by atoms with van der Waals surface area (Å²) >= 11 is 6.02. The molecule has 0 aliphatic rings. The van der Waals surface area contributed by atoms with Crippen LogP contribution in [0.4, 0.5) is 0 Å². The van der Waals surface area contributed by atoms with E-state index in [9.17, 15) is 0 Å². The Hall–Kier alpha value is -1.39. The highest BCUT2D eigenvalue weighted by Gasteiger charge is 2.15. The van der Waals surface area contributed by atoms with Crippen molar-refractivity contribution in [1.82, 2.24) is 10.1 Å². The van der Waals surface area contributed by atoms with Crippen LogP contribution in [-0.4, -0.2) is 10.1 Å². The summed E-state index contributed by atoms with van der Waals surface area (Å²) in [5.74, 6) is 0.918. The molecule has 2 aromatic rings. The normalized spacial score (nSPS) is 12.7.